The third-order valence-corrected chi connectivity index (χ3v) is 4.76. The molecule has 1 rings (SSSR count). The summed E-state index contributed by atoms with van der Waals surface area (Å²) >= 11 is 0. The Labute approximate surface area is 129 Å². The Morgan fingerprint density at radius 3 is 2.10 bits per heavy atom. The number of hydrogen-bond acceptors (Lipinski definition) is 2. The van der Waals surface area contributed by atoms with E-state index in [2.05, 4.69) is 45.1 Å². The molecular weight excluding hydrogens is 263 g/mol. The molecule has 0 amide bonds. The first-order valence-electron chi connectivity index (χ1n) is 8.15. The highest BCUT2D eigenvalue weighted by Crippen LogP contribution is 2.28. The summed E-state index contributed by atoms with van der Waals surface area (Å²) < 4.78 is 13.1. The zero-order valence-electron chi connectivity index (χ0n) is 14.2. The van der Waals surface area contributed by atoms with Gasteiger partial charge in [0, 0.05) is 11.6 Å². The summed E-state index contributed by atoms with van der Waals surface area (Å²) in [6.45, 7) is 7.72. The number of hydrogen-bond donors (Lipinski definition) is 1. The first-order valence-corrected chi connectivity index (χ1v) is 8.15. The summed E-state index contributed by atoms with van der Waals surface area (Å²) in [7, 11) is 4.33. The molecule has 0 fully saturated rings. The summed E-state index contributed by atoms with van der Waals surface area (Å²) in [5.41, 5.74) is 1.32. The number of likely N-dealkylation sites (N-methyl/N-ethyl adjacent to an activating group) is 1. The van der Waals surface area contributed by atoms with Gasteiger partial charge in [-0.2, -0.15) is 0 Å². The van der Waals surface area contributed by atoms with Gasteiger partial charge in [0.15, 0.2) is 0 Å². The molecule has 0 aliphatic rings. The molecule has 0 aliphatic heterocycles. The van der Waals surface area contributed by atoms with Crippen molar-refractivity contribution in [3.05, 3.63) is 35.6 Å². The molecule has 2 nitrogen and oxygen atoms in total. The third kappa shape index (κ3) is 4.52. The minimum absolute atomic E-state index is 0.129. The molecule has 21 heavy (non-hydrogen) atoms. The van der Waals surface area contributed by atoms with Crippen LogP contribution in [0.5, 0.6) is 0 Å². The molecule has 3 heteroatoms. The van der Waals surface area contributed by atoms with Crippen LogP contribution in [0.4, 0.5) is 4.39 Å². The van der Waals surface area contributed by atoms with E-state index in [0.29, 0.717) is 6.04 Å². The van der Waals surface area contributed by atoms with Crippen molar-refractivity contribution in [1.82, 2.24) is 10.2 Å². The summed E-state index contributed by atoms with van der Waals surface area (Å²) in [5.74, 6) is -0.165. The molecule has 0 bridgehead atoms. The average molecular weight is 294 g/mol. The molecule has 0 saturated carbocycles. The number of nitrogens with one attached hydrogen (secondary N) is 1. The maximum atomic E-state index is 13.1. The van der Waals surface area contributed by atoms with Crippen LogP contribution < -0.4 is 5.32 Å². The SMILES string of the molecule is CCCNC(Cc1ccc(F)cc1)C(CC)(CC)N(C)C. The standard InChI is InChI=1S/C18H31FN2/c1-6-13-20-17(18(7-2,8-3)21(4)5)14-15-9-11-16(19)12-10-15/h9-12,17,20H,6-8,13-14H2,1-5H3. The van der Waals surface area contributed by atoms with E-state index in [4.69, 9.17) is 0 Å². The maximum absolute atomic E-state index is 13.1. The van der Waals surface area contributed by atoms with E-state index in [0.717, 1.165) is 32.2 Å². The number of rotatable bonds is 9. The average Bonchev–Trinajstić information content (AvgIpc) is 2.48. The van der Waals surface area contributed by atoms with Gasteiger partial charge in [0.2, 0.25) is 0 Å². The van der Waals surface area contributed by atoms with Crippen LogP contribution in [0.15, 0.2) is 24.3 Å². The van der Waals surface area contributed by atoms with Crippen molar-refractivity contribution in [2.24, 2.45) is 0 Å². The summed E-state index contributed by atoms with van der Waals surface area (Å²) in [4.78, 5) is 2.35. The first-order chi connectivity index (χ1) is 10.00. The fraction of sp³-hybridized carbons (Fsp3) is 0.667. The molecule has 0 heterocycles. The fourth-order valence-corrected chi connectivity index (χ4v) is 3.31. The Balaban J connectivity index is 2.99. The second kappa shape index (κ2) is 8.50. The normalized spacial score (nSPS) is 13.7. The van der Waals surface area contributed by atoms with Crippen LogP contribution in [-0.4, -0.2) is 37.1 Å². The molecule has 1 aromatic rings. The van der Waals surface area contributed by atoms with Crippen LogP contribution in [0, 0.1) is 5.82 Å². The lowest BCUT2D eigenvalue weighted by Crippen LogP contribution is -2.59. The van der Waals surface area contributed by atoms with Gasteiger partial charge < -0.3 is 10.2 Å². The van der Waals surface area contributed by atoms with Gasteiger partial charge in [0.1, 0.15) is 5.82 Å². The Hall–Kier alpha value is -0.930. The van der Waals surface area contributed by atoms with Crippen molar-refractivity contribution >= 4 is 0 Å². The van der Waals surface area contributed by atoms with E-state index < -0.39 is 0 Å². The highest BCUT2D eigenvalue weighted by molar-refractivity contribution is 5.19. The quantitative estimate of drug-likeness (QED) is 0.744. The third-order valence-electron chi connectivity index (χ3n) is 4.76. The van der Waals surface area contributed by atoms with Gasteiger partial charge in [-0.1, -0.05) is 32.9 Å². The topological polar surface area (TPSA) is 15.3 Å². The van der Waals surface area contributed by atoms with Gasteiger partial charge in [-0.05, 0) is 64.0 Å². The smallest absolute Gasteiger partial charge is 0.123 e. The van der Waals surface area contributed by atoms with Crippen molar-refractivity contribution in [3.8, 4) is 0 Å². The van der Waals surface area contributed by atoms with Crippen LogP contribution in [0.1, 0.15) is 45.6 Å². The molecule has 0 spiro atoms. The van der Waals surface area contributed by atoms with Crippen LogP contribution in [0.2, 0.25) is 0 Å². The molecule has 0 saturated heterocycles. The molecule has 0 aliphatic carbocycles. The minimum Gasteiger partial charge on any atom is -0.312 e. The first kappa shape index (κ1) is 18.1. The monoisotopic (exact) mass is 294 g/mol. The van der Waals surface area contributed by atoms with Crippen molar-refractivity contribution in [1.29, 1.82) is 0 Å². The molecule has 0 aromatic heterocycles. The van der Waals surface area contributed by atoms with Crippen molar-refractivity contribution in [3.63, 3.8) is 0 Å². The zero-order valence-corrected chi connectivity index (χ0v) is 14.2. The highest BCUT2D eigenvalue weighted by atomic mass is 19.1. The minimum atomic E-state index is -0.165. The van der Waals surface area contributed by atoms with Gasteiger partial charge >= 0.3 is 0 Å². The number of nitrogens with zero attached hydrogens (tertiary/aromatic N) is 1. The van der Waals surface area contributed by atoms with Gasteiger partial charge in [0.05, 0.1) is 0 Å². The fourth-order valence-electron chi connectivity index (χ4n) is 3.31. The van der Waals surface area contributed by atoms with E-state index in [9.17, 15) is 4.39 Å². The second-order valence-corrected chi connectivity index (χ2v) is 6.04. The number of halogens is 1. The highest BCUT2D eigenvalue weighted by Gasteiger charge is 2.37. The van der Waals surface area contributed by atoms with Gasteiger partial charge in [-0.25, -0.2) is 4.39 Å². The summed E-state index contributed by atoms with van der Waals surface area (Å²) in [6.07, 6.45) is 4.25. The van der Waals surface area contributed by atoms with Gasteiger partial charge in [-0.15, -0.1) is 0 Å². The van der Waals surface area contributed by atoms with E-state index in [1.165, 1.54) is 5.56 Å². The zero-order chi connectivity index (χ0) is 15.9. The van der Waals surface area contributed by atoms with Crippen LogP contribution >= 0.6 is 0 Å². The summed E-state index contributed by atoms with van der Waals surface area (Å²) in [6, 6.07) is 7.29. The lowest BCUT2D eigenvalue weighted by atomic mass is 9.80. The van der Waals surface area contributed by atoms with Crippen LogP contribution in [0.3, 0.4) is 0 Å². The predicted molar refractivity (Wildman–Crippen MR) is 89.2 cm³/mol. The van der Waals surface area contributed by atoms with Crippen molar-refractivity contribution in [2.45, 2.75) is 58.0 Å². The number of benzene rings is 1. The molecule has 0 radical (unpaired) electrons. The molecular formula is C18H31FN2. The van der Waals surface area contributed by atoms with E-state index in [1.807, 2.05) is 12.1 Å². The van der Waals surface area contributed by atoms with Crippen LogP contribution in [0.25, 0.3) is 0 Å². The Morgan fingerprint density at radius 2 is 1.67 bits per heavy atom. The van der Waals surface area contributed by atoms with Gasteiger partial charge in [-0.3, -0.25) is 0 Å². The molecule has 1 N–H and O–H groups in total. The van der Waals surface area contributed by atoms with Gasteiger partial charge in [0.25, 0.3) is 0 Å². The van der Waals surface area contributed by atoms with E-state index in [1.54, 1.807) is 12.1 Å². The molecule has 1 unspecified atom stereocenters. The van der Waals surface area contributed by atoms with E-state index >= 15 is 0 Å². The lowest BCUT2D eigenvalue weighted by molar-refractivity contribution is 0.0881. The Bertz CT molecular complexity index is 396. The van der Waals surface area contributed by atoms with Crippen molar-refractivity contribution in [2.75, 3.05) is 20.6 Å². The lowest BCUT2D eigenvalue weighted by Gasteiger charge is -2.46. The van der Waals surface area contributed by atoms with Crippen molar-refractivity contribution < 1.29 is 4.39 Å². The molecule has 1 atom stereocenters. The largest absolute Gasteiger partial charge is 0.312 e. The second-order valence-electron chi connectivity index (χ2n) is 6.04. The maximum Gasteiger partial charge on any atom is 0.123 e. The molecule has 120 valence electrons. The molecule has 1 aromatic carbocycles. The summed E-state index contributed by atoms with van der Waals surface area (Å²) in [5, 5.41) is 3.72. The Kier molecular flexibility index (Phi) is 7.33. The predicted octanol–water partition coefficient (Wildman–Crippen LogP) is 3.86. The Morgan fingerprint density at radius 1 is 1.10 bits per heavy atom. The van der Waals surface area contributed by atoms with Crippen LogP contribution in [-0.2, 0) is 6.42 Å². The van der Waals surface area contributed by atoms with E-state index in [-0.39, 0.29) is 11.4 Å².